The molecular formula is C17H23N5O3S. The Labute approximate surface area is 153 Å². The van der Waals surface area contributed by atoms with E-state index in [0.717, 1.165) is 13.1 Å². The molecule has 140 valence electrons. The van der Waals surface area contributed by atoms with Crippen molar-refractivity contribution in [2.75, 3.05) is 38.0 Å². The third-order valence-electron chi connectivity index (χ3n) is 4.38. The average molecular weight is 377 g/mol. The summed E-state index contributed by atoms with van der Waals surface area (Å²) in [6, 6.07) is 6.28. The number of sulfonamides is 1. The maximum absolute atomic E-state index is 12.8. The number of nitrogens with zero attached hydrogens (tertiary/aromatic N) is 4. The number of carbonyl (C=O) groups is 1. The standard InChI is InChI=1S/C17H23N5O3S/c1-15(23)19-16-2-4-17(5-3-16)26(24,25)22-12-10-20(11-13-22)8-9-21-7-6-18-14-21/h2-7,14H,8-13H2,1H3,(H,19,23). The van der Waals surface area contributed by atoms with Crippen LogP contribution in [0.3, 0.4) is 0 Å². The molecule has 0 unspecified atom stereocenters. The molecule has 1 amide bonds. The van der Waals surface area contributed by atoms with Crippen LogP contribution in [-0.4, -0.2) is 65.8 Å². The predicted molar refractivity (Wildman–Crippen MR) is 98.2 cm³/mol. The molecule has 26 heavy (non-hydrogen) atoms. The first-order valence-corrected chi connectivity index (χ1v) is 9.95. The van der Waals surface area contributed by atoms with Crippen molar-refractivity contribution in [2.24, 2.45) is 0 Å². The van der Waals surface area contributed by atoms with E-state index in [2.05, 4.69) is 15.2 Å². The number of piperazine rings is 1. The van der Waals surface area contributed by atoms with Gasteiger partial charge in [0, 0.05) is 64.3 Å². The topological polar surface area (TPSA) is 87.5 Å². The van der Waals surface area contributed by atoms with E-state index in [1.807, 2.05) is 10.8 Å². The second kappa shape index (κ2) is 7.98. The lowest BCUT2D eigenvalue weighted by molar-refractivity contribution is -0.114. The van der Waals surface area contributed by atoms with Crippen LogP contribution in [0.2, 0.25) is 0 Å². The molecule has 2 heterocycles. The molecule has 0 bridgehead atoms. The Balaban J connectivity index is 1.56. The van der Waals surface area contributed by atoms with E-state index in [1.54, 1.807) is 24.7 Å². The number of rotatable bonds is 6. The van der Waals surface area contributed by atoms with Gasteiger partial charge in [0.1, 0.15) is 0 Å². The van der Waals surface area contributed by atoms with Gasteiger partial charge in [0.15, 0.2) is 0 Å². The highest BCUT2D eigenvalue weighted by Crippen LogP contribution is 2.20. The average Bonchev–Trinajstić information content (AvgIpc) is 3.14. The van der Waals surface area contributed by atoms with Crippen LogP contribution in [0.15, 0.2) is 47.9 Å². The molecule has 1 saturated heterocycles. The summed E-state index contributed by atoms with van der Waals surface area (Å²) in [6.07, 6.45) is 5.46. The summed E-state index contributed by atoms with van der Waals surface area (Å²) in [6.45, 7) is 5.49. The molecule has 8 nitrogen and oxygen atoms in total. The van der Waals surface area contributed by atoms with E-state index in [1.165, 1.54) is 23.4 Å². The first-order chi connectivity index (χ1) is 12.4. The van der Waals surface area contributed by atoms with Gasteiger partial charge in [-0.25, -0.2) is 13.4 Å². The summed E-state index contributed by atoms with van der Waals surface area (Å²) in [7, 11) is -3.51. The van der Waals surface area contributed by atoms with Crippen LogP contribution in [0.5, 0.6) is 0 Å². The van der Waals surface area contributed by atoms with Crippen molar-refractivity contribution in [1.29, 1.82) is 0 Å². The number of imidazole rings is 1. The molecule has 1 fully saturated rings. The molecule has 1 N–H and O–H groups in total. The highest BCUT2D eigenvalue weighted by molar-refractivity contribution is 7.89. The Bertz CT molecular complexity index is 826. The lowest BCUT2D eigenvalue weighted by atomic mass is 10.3. The quantitative estimate of drug-likeness (QED) is 0.806. The van der Waals surface area contributed by atoms with Crippen molar-refractivity contribution in [3.63, 3.8) is 0 Å². The van der Waals surface area contributed by atoms with Gasteiger partial charge in [0.2, 0.25) is 15.9 Å². The molecule has 0 spiro atoms. The summed E-state index contributed by atoms with van der Waals surface area (Å²) in [5.41, 5.74) is 0.584. The summed E-state index contributed by atoms with van der Waals surface area (Å²) in [4.78, 5) is 17.6. The van der Waals surface area contributed by atoms with Crippen LogP contribution in [0.1, 0.15) is 6.92 Å². The summed E-state index contributed by atoms with van der Waals surface area (Å²) < 4.78 is 29.1. The number of aromatic nitrogens is 2. The van der Waals surface area contributed by atoms with Crippen molar-refractivity contribution >= 4 is 21.6 Å². The molecule has 0 atom stereocenters. The number of hydrogen-bond donors (Lipinski definition) is 1. The summed E-state index contributed by atoms with van der Waals surface area (Å²) >= 11 is 0. The predicted octanol–water partition coefficient (Wildman–Crippen LogP) is 0.848. The minimum atomic E-state index is -3.51. The fourth-order valence-corrected chi connectivity index (χ4v) is 4.35. The van der Waals surface area contributed by atoms with Crippen LogP contribution in [0.4, 0.5) is 5.69 Å². The number of hydrogen-bond acceptors (Lipinski definition) is 5. The summed E-state index contributed by atoms with van der Waals surface area (Å²) in [5.74, 6) is -0.188. The van der Waals surface area contributed by atoms with Crippen molar-refractivity contribution in [1.82, 2.24) is 18.8 Å². The Morgan fingerprint density at radius 2 is 1.81 bits per heavy atom. The summed E-state index contributed by atoms with van der Waals surface area (Å²) in [5, 5.41) is 2.63. The smallest absolute Gasteiger partial charge is 0.243 e. The number of amides is 1. The van der Waals surface area contributed by atoms with Gasteiger partial charge in [-0.2, -0.15) is 4.31 Å². The third-order valence-corrected chi connectivity index (χ3v) is 6.29. The lowest BCUT2D eigenvalue weighted by Gasteiger charge is -2.34. The Kier molecular flexibility index (Phi) is 5.70. The second-order valence-corrected chi connectivity index (χ2v) is 8.19. The molecule has 0 saturated carbocycles. The molecule has 1 aliphatic heterocycles. The van der Waals surface area contributed by atoms with Crippen LogP contribution >= 0.6 is 0 Å². The molecule has 1 aromatic heterocycles. The first kappa shape index (κ1) is 18.6. The van der Waals surface area contributed by atoms with Crippen molar-refractivity contribution < 1.29 is 13.2 Å². The van der Waals surface area contributed by atoms with E-state index in [9.17, 15) is 13.2 Å². The minimum absolute atomic E-state index is 0.188. The second-order valence-electron chi connectivity index (χ2n) is 6.25. The molecule has 0 aliphatic carbocycles. The number of nitrogens with one attached hydrogen (secondary N) is 1. The van der Waals surface area contributed by atoms with Crippen LogP contribution in [-0.2, 0) is 21.4 Å². The highest BCUT2D eigenvalue weighted by Gasteiger charge is 2.28. The SMILES string of the molecule is CC(=O)Nc1ccc(S(=O)(=O)N2CCN(CCn3ccnc3)CC2)cc1. The van der Waals surface area contributed by atoms with Crippen molar-refractivity contribution in [2.45, 2.75) is 18.4 Å². The van der Waals surface area contributed by atoms with Gasteiger partial charge in [-0.3, -0.25) is 9.69 Å². The van der Waals surface area contributed by atoms with Crippen LogP contribution < -0.4 is 5.32 Å². The Morgan fingerprint density at radius 3 is 2.38 bits per heavy atom. The molecule has 3 rings (SSSR count). The van der Waals surface area contributed by atoms with E-state index in [-0.39, 0.29) is 10.8 Å². The van der Waals surface area contributed by atoms with Crippen LogP contribution in [0, 0.1) is 0 Å². The lowest BCUT2D eigenvalue weighted by Crippen LogP contribution is -2.49. The van der Waals surface area contributed by atoms with E-state index in [0.29, 0.717) is 31.9 Å². The minimum Gasteiger partial charge on any atom is -0.336 e. The first-order valence-electron chi connectivity index (χ1n) is 8.51. The van der Waals surface area contributed by atoms with Gasteiger partial charge in [-0.1, -0.05) is 0 Å². The molecule has 9 heteroatoms. The molecular weight excluding hydrogens is 354 g/mol. The van der Waals surface area contributed by atoms with Crippen LogP contribution in [0.25, 0.3) is 0 Å². The zero-order valence-corrected chi connectivity index (χ0v) is 15.5. The monoisotopic (exact) mass is 377 g/mol. The van der Waals surface area contributed by atoms with Gasteiger partial charge in [0.05, 0.1) is 11.2 Å². The van der Waals surface area contributed by atoms with E-state index >= 15 is 0 Å². The molecule has 2 aromatic rings. The zero-order chi connectivity index (χ0) is 18.6. The van der Waals surface area contributed by atoms with Gasteiger partial charge in [-0.15, -0.1) is 0 Å². The Hall–Kier alpha value is -2.23. The van der Waals surface area contributed by atoms with Gasteiger partial charge in [0.25, 0.3) is 0 Å². The largest absolute Gasteiger partial charge is 0.336 e. The maximum Gasteiger partial charge on any atom is 0.243 e. The number of benzene rings is 1. The number of anilines is 1. The fourth-order valence-electron chi connectivity index (χ4n) is 2.93. The van der Waals surface area contributed by atoms with Crippen molar-refractivity contribution in [3.05, 3.63) is 43.0 Å². The highest BCUT2D eigenvalue weighted by atomic mass is 32.2. The molecule has 1 aliphatic rings. The van der Waals surface area contributed by atoms with E-state index in [4.69, 9.17) is 0 Å². The Morgan fingerprint density at radius 1 is 1.12 bits per heavy atom. The van der Waals surface area contributed by atoms with E-state index < -0.39 is 10.0 Å². The normalized spacial score (nSPS) is 16.5. The molecule has 0 radical (unpaired) electrons. The number of carbonyl (C=O) groups excluding carboxylic acids is 1. The van der Waals surface area contributed by atoms with Gasteiger partial charge >= 0.3 is 0 Å². The fraction of sp³-hybridized carbons (Fsp3) is 0.412. The van der Waals surface area contributed by atoms with Gasteiger partial charge < -0.3 is 9.88 Å². The maximum atomic E-state index is 12.8. The molecule has 1 aromatic carbocycles. The zero-order valence-electron chi connectivity index (χ0n) is 14.7. The van der Waals surface area contributed by atoms with Crippen molar-refractivity contribution in [3.8, 4) is 0 Å². The third kappa shape index (κ3) is 4.48. The van der Waals surface area contributed by atoms with Gasteiger partial charge in [-0.05, 0) is 24.3 Å².